The maximum absolute atomic E-state index is 4.91. The van der Waals surface area contributed by atoms with Crippen molar-refractivity contribution in [1.82, 2.24) is 24.8 Å². The third-order valence-electron chi connectivity index (χ3n) is 4.68. The van der Waals surface area contributed by atoms with Crippen LogP contribution in [0.15, 0.2) is 18.3 Å². The van der Waals surface area contributed by atoms with Gasteiger partial charge in [-0.25, -0.2) is 9.97 Å². The largest absolute Gasteiger partial charge is 0.316 e. The van der Waals surface area contributed by atoms with Crippen molar-refractivity contribution in [2.45, 2.75) is 31.3 Å². The molecule has 5 nitrogen and oxygen atoms in total. The summed E-state index contributed by atoms with van der Waals surface area (Å²) in [5, 5.41) is 3.46. The highest BCUT2D eigenvalue weighted by atomic mass is 15.3. The third-order valence-corrected chi connectivity index (χ3v) is 4.68. The van der Waals surface area contributed by atoms with Crippen molar-refractivity contribution in [3.8, 4) is 0 Å². The molecule has 5 heteroatoms. The second-order valence-electron chi connectivity index (χ2n) is 5.98. The molecule has 0 amide bonds. The summed E-state index contributed by atoms with van der Waals surface area (Å²) in [6.07, 6.45) is 5.94. The summed E-state index contributed by atoms with van der Waals surface area (Å²) in [6.45, 7) is 3.31. The molecule has 2 aromatic heterocycles. The summed E-state index contributed by atoms with van der Waals surface area (Å²) in [7, 11) is 2.21. The molecular formula is C15H21N5. The molecule has 2 aromatic rings. The Balaban J connectivity index is 1.88. The molecule has 0 saturated carbocycles. The second kappa shape index (κ2) is 4.82. The van der Waals surface area contributed by atoms with E-state index in [0.29, 0.717) is 12.1 Å². The molecule has 106 valence electrons. The van der Waals surface area contributed by atoms with Crippen LogP contribution in [0.5, 0.6) is 0 Å². The molecule has 2 unspecified atom stereocenters. The fourth-order valence-corrected chi connectivity index (χ4v) is 3.62. The number of rotatable bonds is 2. The lowest BCUT2D eigenvalue weighted by molar-refractivity contribution is 0.235. The Morgan fingerprint density at radius 1 is 1.35 bits per heavy atom. The number of aromatic nitrogens is 3. The lowest BCUT2D eigenvalue weighted by Gasteiger charge is -2.24. The Hall–Kier alpha value is -1.46. The average Bonchev–Trinajstić information content (AvgIpc) is 3.15. The van der Waals surface area contributed by atoms with Gasteiger partial charge in [0, 0.05) is 18.7 Å². The first-order chi connectivity index (χ1) is 9.84. The number of hydrogen-bond acceptors (Lipinski definition) is 4. The summed E-state index contributed by atoms with van der Waals surface area (Å²) in [5.74, 6) is 1.75. The average molecular weight is 271 g/mol. The molecule has 4 heterocycles. The fraction of sp³-hybridized carbons (Fsp3) is 0.600. The Morgan fingerprint density at radius 3 is 3.05 bits per heavy atom. The first kappa shape index (κ1) is 12.3. The van der Waals surface area contributed by atoms with Crippen molar-refractivity contribution in [3.05, 3.63) is 24.2 Å². The number of hydrogen-bond donors (Lipinski definition) is 1. The quantitative estimate of drug-likeness (QED) is 0.903. The van der Waals surface area contributed by atoms with E-state index in [1.165, 1.54) is 31.6 Å². The van der Waals surface area contributed by atoms with Crippen LogP contribution in [0.1, 0.15) is 37.2 Å². The van der Waals surface area contributed by atoms with Gasteiger partial charge in [0.2, 0.25) is 0 Å². The third kappa shape index (κ3) is 1.84. The predicted octanol–water partition coefficient (Wildman–Crippen LogP) is 1.73. The van der Waals surface area contributed by atoms with Crippen LogP contribution >= 0.6 is 0 Å². The highest BCUT2D eigenvalue weighted by Gasteiger charge is 2.31. The molecular weight excluding hydrogens is 250 g/mol. The predicted molar refractivity (Wildman–Crippen MR) is 78.7 cm³/mol. The molecule has 2 aliphatic rings. The molecule has 0 bridgehead atoms. The van der Waals surface area contributed by atoms with Gasteiger partial charge in [-0.05, 0) is 51.5 Å². The van der Waals surface area contributed by atoms with Gasteiger partial charge in [-0.15, -0.1) is 0 Å². The summed E-state index contributed by atoms with van der Waals surface area (Å²) < 4.78 is 2.40. The molecule has 0 aliphatic carbocycles. The van der Waals surface area contributed by atoms with Gasteiger partial charge in [0.05, 0.1) is 6.17 Å². The molecule has 2 saturated heterocycles. The zero-order chi connectivity index (χ0) is 13.5. The fourth-order valence-electron chi connectivity index (χ4n) is 3.62. The van der Waals surface area contributed by atoms with Crippen molar-refractivity contribution >= 4 is 11.2 Å². The molecule has 2 aliphatic heterocycles. The summed E-state index contributed by atoms with van der Waals surface area (Å²) >= 11 is 0. The monoisotopic (exact) mass is 271 g/mol. The van der Waals surface area contributed by atoms with Gasteiger partial charge >= 0.3 is 0 Å². The number of nitrogens with one attached hydrogen (secondary N) is 1. The van der Waals surface area contributed by atoms with Gasteiger partial charge in [0.15, 0.2) is 5.65 Å². The molecule has 2 fully saturated rings. The van der Waals surface area contributed by atoms with Crippen molar-refractivity contribution < 1.29 is 0 Å². The first-order valence-corrected chi connectivity index (χ1v) is 7.58. The minimum atomic E-state index is 0.422. The zero-order valence-corrected chi connectivity index (χ0v) is 11.9. The molecule has 2 atom stereocenters. The van der Waals surface area contributed by atoms with Gasteiger partial charge in [-0.3, -0.25) is 9.47 Å². The summed E-state index contributed by atoms with van der Waals surface area (Å²) in [4.78, 5) is 11.9. The van der Waals surface area contributed by atoms with Gasteiger partial charge in [0.25, 0.3) is 0 Å². The Kier molecular flexibility index (Phi) is 2.97. The van der Waals surface area contributed by atoms with Crippen molar-refractivity contribution in [2.75, 3.05) is 26.7 Å². The number of likely N-dealkylation sites (tertiary alicyclic amines) is 1. The summed E-state index contributed by atoms with van der Waals surface area (Å²) in [5.41, 5.74) is 2.09. The van der Waals surface area contributed by atoms with Crippen LogP contribution in [0.4, 0.5) is 0 Å². The highest BCUT2D eigenvalue weighted by molar-refractivity contribution is 5.71. The van der Waals surface area contributed by atoms with E-state index in [1.54, 1.807) is 0 Å². The molecule has 1 N–H and O–H groups in total. The molecule has 0 aromatic carbocycles. The Bertz CT molecular complexity index is 614. The van der Waals surface area contributed by atoms with Crippen LogP contribution < -0.4 is 5.32 Å². The topological polar surface area (TPSA) is 46.0 Å². The normalized spacial score (nSPS) is 27.6. The Labute approximate surface area is 119 Å². The number of imidazole rings is 1. The van der Waals surface area contributed by atoms with Crippen LogP contribution in [0, 0.1) is 0 Å². The number of pyridine rings is 1. The maximum Gasteiger partial charge on any atom is 0.161 e. The lowest BCUT2D eigenvalue weighted by Crippen LogP contribution is -2.26. The van der Waals surface area contributed by atoms with Gasteiger partial charge < -0.3 is 5.32 Å². The molecule has 20 heavy (non-hydrogen) atoms. The van der Waals surface area contributed by atoms with E-state index < -0.39 is 0 Å². The SMILES string of the molecule is CN1CCCC1n1c(C2CCNC2)nc2cccnc21. The van der Waals surface area contributed by atoms with Crippen LogP contribution in [0.25, 0.3) is 11.2 Å². The van der Waals surface area contributed by atoms with E-state index in [1.807, 2.05) is 12.3 Å². The van der Waals surface area contributed by atoms with E-state index in [-0.39, 0.29) is 0 Å². The zero-order valence-electron chi connectivity index (χ0n) is 11.9. The molecule has 0 spiro atoms. The molecule has 4 rings (SSSR count). The van der Waals surface area contributed by atoms with Gasteiger partial charge in [-0.1, -0.05) is 0 Å². The first-order valence-electron chi connectivity index (χ1n) is 7.58. The van der Waals surface area contributed by atoms with Crippen LogP contribution in [0.3, 0.4) is 0 Å². The standard InChI is InChI=1S/C15H21N5/c1-19-9-3-5-13(19)20-14(11-6-8-16-10-11)18-12-4-2-7-17-15(12)20/h2,4,7,11,13,16H,3,5-6,8-10H2,1H3. The van der Waals surface area contributed by atoms with Crippen LogP contribution in [-0.4, -0.2) is 46.1 Å². The highest BCUT2D eigenvalue weighted by Crippen LogP contribution is 2.33. The van der Waals surface area contributed by atoms with E-state index >= 15 is 0 Å². The van der Waals surface area contributed by atoms with Crippen LogP contribution in [-0.2, 0) is 0 Å². The smallest absolute Gasteiger partial charge is 0.161 e. The van der Waals surface area contributed by atoms with Gasteiger partial charge in [0.1, 0.15) is 11.3 Å². The van der Waals surface area contributed by atoms with E-state index in [0.717, 1.165) is 24.3 Å². The summed E-state index contributed by atoms with van der Waals surface area (Å²) in [6, 6.07) is 4.06. The Morgan fingerprint density at radius 2 is 2.30 bits per heavy atom. The van der Waals surface area contributed by atoms with E-state index in [2.05, 4.69) is 32.9 Å². The second-order valence-corrected chi connectivity index (χ2v) is 5.98. The number of fused-ring (bicyclic) bond motifs is 1. The van der Waals surface area contributed by atoms with Crippen molar-refractivity contribution in [3.63, 3.8) is 0 Å². The van der Waals surface area contributed by atoms with Crippen LogP contribution in [0.2, 0.25) is 0 Å². The van der Waals surface area contributed by atoms with Crippen molar-refractivity contribution in [2.24, 2.45) is 0 Å². The van der Waals surface area contributed by atoms with E-state index in [4.69, 9.17) is 4.98 Å². The lowest BCUT2D eigenvalue weighted by atomic mass is 10.1. The maximum atomic E-state index is 4.91. The van der Waals surface area contributed by atoms with E-state index in [9.17, 15) is 0 Å². The van der Waals surface area contributed by atoms with Crippen molar-refractivity contribution in [1.29, 1.82) is 0 Å². The minimum Gasteiger partial charge on any atom is -0.316 e. The van der Waals surface area contributed by atoms with Gasteiger partial charge in [-0.2, -0.15) is 0 Å². The minimum absolute atomic E-state index is 0.422. The molecule has 0 radical (unpaired) electrons. The number of nitrogens with zero attached hydrogens (tertiary/aromatic N) is 4.